The van der Waals surface area contributed by atoms with E-state index in [2.05, 4.69) is 15.0 Å². The van der Waals surface area contributed by atoms with Gasteiger partial charge in [-0.05, 0) is 27.2 Å². The molecule has 0 aliphatic heterocycles. The first kappa shape index (κ1) is 26.4. The Balaban J connectivity index is 1.74. The maximum atomic E-state index is 13.2. The molecule has 0 bridgehead atoms. The zero-order valence-corrected chi connectivity index (χ0v) is 21.6. The molecule has 0 amide bonds. The molecular weight excluding hydrogens is 481 g/mol. The molecule has 0 aromatic carbocycles. The van der Waals surface area contributed by atoms with Crippen LogP contribution < -0.4 is 5.73 Å². The van der Waals surface area contributed by atoms with Gasteiger partial charge >= 0.3 is 7.60 Å². The summed E-state index contributed by atoms with van der Waals surface area (Å²) in [5.41, 5.74) is 5.31. The predicted molar refractivity (Wildman–Crippen MR) is 125 cm³/mol. The van der Waals surface area contributed by atoms with Gasteiger partial charge in [-0.25, -0.2) is 15.0 Å². The second-order valence-electron chi connectivity index (χ2n) is 8.70. The summed E-state index contributed by atoms with van der Waals surface area (Å²) < 4.78 is 55.3. The molecule has 0 saturated heterocycles. The molecule has 1 unspecified atom stereocenters. The highest BCUT2D eigenvalue weighted by Crippen LogP contribution is 2.69. The fraction of sp³-hybridized carbons (Fsp3) is 0.762. The number of nitrogens with zero attached hydrogens (tertiary/aromatic N) is 4. The van der Waals surface area contributed by atoms with Crippen molar-refractivity contribution in [1.82, 2.24) is 19.5 Å². The zero-order chi connectivity index (χ0) is 25.3. The molecule has 2 heterocycles. The quantitative estimate of drug-likeness (QED) is 0.290. The highest BCUT2D eigenvalue weighted by Gasteiger charge is 2.79. The SMILES string of the molecule is CCOP(=O)(CO[C@@]12C[C@@H]1[C@@H](n1cnc3c(N)ncnc31)C(C)(OCOC)[C@H]2OCOC)OCC. The summed E-state index contributed by atoms with van der Waals surface area (Å²) in [5.74, 6) is 0.197. The third-order valence-corrected chi connectivity index (χ3v) is 8.36. The van der Waals surface area contributed by atoms with Gasteiger partial charge in [-0.1, -0.05) is 0 Å². The van der Waals surface area contributed by atoms with Crippen LogP contribution in [0.4, 0.5) is 5.82 Å². The van der Waals surface area contributed by atoms with Gasteiger partial charge in [-0.3, -0.25) is 4.57 Å². The normalized spacial score (nSPS) is 30.1. The largest absolute Gasteiger partial charge is 0.382 e. The molecule has 13 nitrogen and oxygen atoms in total. The highest BCUT2D eigenvalue weighted by atomic mass is 31.2. The van der Waals surface area contributed by atoms with Crippen LogP contribution in [0, 0.1) is 5.92 Å². The number of methoxy groups -OCH3 is 2. The van der Waals surface area contributed by atoms with Gasteiger partial charge < -0.3 is 43.0 Å². The second-order valence-corrected chi connectivity index (χ2v) is 10.7. The minimum atomic E-state index is -3.46. The molecule has 4 rings (SSSR count). The average molecular weight is 516 g/mol. The standard InChI is InChI=1S/C21H34N5O8P/c1-6-33-35(27,34-7-2)13-32-21-8-14(21)16(20(3,31-12-29-5)19(21)30-11-28-4)26-10-25-15-17(22)23-9-24-18(15)26/h9-10,14,16,19H,6-8,11-13H2,1-5H3,(H2,22,23,24)/t14-,16-,19-,20?,21+/m1/s1. The lowest BCUT2D eigenvalue weighted by Crippen LogP contribution is -2.52. The Hall–Kier alpha value is -1.70. The second kappa shape index (κ2) is 10.3. The van der Waals surface area contributed by atoms with Crippen molar-refractivity contribution < 1.29 is 37.3 Å². The van der Waals surface area contributed by atoms with E-state index in [-0.39, 0.29) is 50.9 Å². The molecule has 196 valence electrons. The first-order valence-electron chi connectivity index (χ1n) is 11.5. The highest BCUT2D eigenvalue weighted by molar-refractivity contribution is 7.53. The summed E-state index contributed by atoms with van der Waals surface area (Å²) in [5, 5.41) is 0. The van der Waals surface area contributed by atoms with Crippen molar-refractivity contribution in [3.8, 4) is 0 Å². The maximum Gasteiger partial charge on any atom is 0.356 e. The summed E-state index contributed by atoms with van der Waals surface area (Å²) in [6, 6.07) is -0.322. The Bertz CT molecular complexity index is 1060. The van der Waals surface area contributed by atoms with Gasteiger partial charge in [0.25, 0.3) is 0 Å². The molecule has 2 aliphatic rings. The molecule has 14 heteroatoms. The molecule has 2 saturated carbocycles. The van der Waals surface area contributed by atoms with Gasteiger partial charge in [0.2, 0.25) is 0 Å². The van der Waals surface area contributed by atoms with Crippen LogP contribution in [0.1, 0.15) is 33.2 Å². The minimum Gasteiger partial charge on any atom is -0.382 e. The van der Waals surface area contributed by atoms with Crippen molar-refractivity contribution in [2.24, 2.45) is 5.92 Å². The molecule has 2 aromatic rings. The number of nitrogens with two attached hydrogens (primary N) is 1. The third-order valence-electron chi connectivity index (χ3n) is 6.61. The first-order valence-corrected chi connectivity index (χ1v) is 13.2. The molecule has 2 aromatic heterocycles. The summed E-state index contributed by atoms with van der Waals surface area (Å²) >= 11 is 0. The Labute approximate surface area is 204 Å². The lowest BCUT2D eigenvalue weighted by molar-refractivity contribution is -0.230. The number of imidazole rings is 1. The Morgan fingerprint density at radius 1 is 1.11 bits per heavy atom. The van der Waals surface area contributed by atoms with E-state index in [1.807, 2.05) is 11.5 Å². The van der Waals surface area contributed by atoms with Gasteiger partial charge in [-0.15, -0.1) is 0 Å². The summed E-state index contributed by atoms with van der Waals surface area (Å²) in [6.07, 6.45) is 2.87. The molecule has 35 heavy (non-hydrogen) atoms. The monoisotopic (exact) mass is 515 g/mol. The van der Waals surface area contributed by atoms with Crippen molar-refractivity contribution in [1.29, 1.82) is 0 Å². The Morgan fingerprint density at radius 2 is 1.83 bits per heavy atom. The number of hydrogen-bond acceptors (Lipinski definition) is 12. The van der Waals surface area contributed by atoms with Crippen molar-refractivity contribution in [3.05, 3.63) is 12.7 Å². The number of aromatic nitrogens is 4. The third kappa shape index (κ3) is 4.60. The van der Waals surface area contributed by atoms with Gasteiger partial charge in [0.05, 0.1) is 25.6 Å². The van der Waals surface area contributed by atoms with E-state index >= 15 is 0 Å². The summed E-state index contributed by atoms with van der Waals surface area (Å²) in [6.45, 7) is 5.94. The number of hydrogen-bond donors (Lipinski definition) is 1. The first-order chi connectivity index (χ1) is 16.8. The molecule has 0 radical (unpaired) electrons. The molecule has 5 atom stereocenters. The smallest absolute Gasteiger partial charge is 0.356 e. The fourth-order valence-electron chi connectivity index (χ4n) is 5.28. The van der Waals surface area contributed by atoms with Crippen LogP contribution >= 0.6 is 7.60 Å². The molecule has 2 aliphatic carbocycles. The van der Waals surface area contributed by atoms with Gasteiger partial charge in [0, 0.05) is 20.1 Å². The summed E-state index contributed by atoms with van der Waals surface area (Å²) in [4.78, 5) is 12.9. The molecule has 2 N–H and O–H groups in total. The predicted octanol–water partition coefficient (Wildman–Crippen LogP) is 2.33. The minimum absolute atomic E-state index is 0.00945. The van der Waals surface area contributed by atoms with Crippen LogP contribution in [0.25, 0.3) is 11.2 Å². The lowest BCUT2D eigenvalue weighted by atomic mass is 9.91. The number of rotatable bonds is 14. The number of nitrogen functional groups attached to an aromatic ring is 1. The van der Waals surface area contributed by atoms with E-state index in [0.717, 1.165) is 0 Å². The van der Waals surface area contributed by atoms with Crippen molar-refractivity contribution in [2.75, 3.05) is 53.1 Å². The summed E-state index contributed by atoms with van der Waals surface area (Å²) in [7, 11) is -0.371. The van der Waals surface area contributed by atoms with Crippen molar-refractivity contribution >= 4 is 24.6 Å². The van der Waals surface area contributed by atoms with Crippen LogP contribution in [-0.4, -0.2) is 84.2 Å². The molecule has 2 fully saturated rings. The topological polar surface area (TPSA) is 151 Å². The van der Waals surface area contributed by atoms with Crippen LogP contribution in [0.15, 0.2) is 12.7 Å². The van der Waals surface area contributed by atoms with E-state index in [9.17, 15) is 4.57 Å². The van der Waals surface area contributed by atoms with Gasteiger partial charge in [0.1, 0.15) is 49.1 Å². The van der Waals surface area contributed by atoms with Crippen molar-refractivity contribution in [2.45, 2.75) is 50.5 Å². The average Bonchev–Trinajstić information content (AvgIpc) is 3.29. The van der Waals surface area contributed by atoms with Gasteiger partial charge in [-0.2, -0.15) is 0 Å². The Kier molecular flexibility index (Phi) is 7.79. The van der Waals surface area contributed by atoms with Crippen LogP contribution in [0.3, 0.4) is 0 Å². The molecule has 0 spiro atoms. The maximum absolute atomic E-state index is 13.2. The Morgan fingerprint density at radius 3 is 2.49 bits per heavy atom. The fourth-order valence-corrected chi connectivity index (χ4v) is 6.69. The van der Waals surface area contributed by atoms with E-state index < -0.39 is 24.9 Å². The van der Waals surface area contributed by atoms with Crippen LogP contribution in [0.5, 0.6) is 0 Å². The number of fused-ring (bicyclic) bond motifs is 2. The van der Waals surface area contributed by atoms with Crippen molar-refractivity contribution in [3.63, 3.8) is 0 Å². The number of ether oxygens (including phenoxy) is 5. The van der Waals surface area contributed by atoms with E-state index in [1.165, 1.54) is 6.33 Å². The van der Waals surface area contributed by atoms with Crippen LogP contribution in [-0.2, 0) is 37.3 Å². The van der Waals surface area contributed by atoms with E-state index in [4.69, 9.17) is 38.5 Å². The lowest BCUT2D eigenvalue weighted by Gasteiger charge is -2.40. The zero-order valence-electron chi connectivity index (χ0n) is 20.7. The number of anilines is 1. The van der Waals surface area contributed by atoms with E-state index in [1.54, 1.807) is 34.4 Å². The van der Waals surface area contributed by atoms with Crippen LogP contribution in [0.2, 0.25) is 0 Å². The van der Waals surface area contributed by atoms with E-state index in [0.29, 0.717) is 17.6 Å². The van der Waals surface area contributed by atoms with Gasteiger partial charge in [0.15, 0.2) is 11.5 Å². The molecular formula is C21H34N5O8P.